The number of halogens is 5. The van der Waals surface area contributed by atoms with Crippen LogP contribution in [0.2, 0.25) is 10.0 Å². The molecule has 0 spiro atoms. The number of rotatable bonds is 7. The van der Waals surface area contributed by atoms with Crippen molar-refractivity contribution in [1.29, 1.82) is 0 Å². The van der Waals surface area contributed by atoms with Crippen molar-refractivity contribution in [3.8, 4) is 5.88 Å². The molecule has 2 bridgehead atoms. The van der Waals surface area contributed by atoms with Gasteiger partial charge in [-0.1, -0.05) is 23.2 Å². The lowest BCUT2D eigenvalue weighted by Crippen LogP contribution is -2.55. The van der Waals surface area contributed by atoms with Gasteiger partial charge in [0.1, 0.15) is 16.9 Å². The SMILES string of the molecule is C[C@H](NC(=O)c1ccc(N2[C@@H]3CC[C@H]2CC(NC(=O)C(C)(C)Oc2ncc(Cl)cc2Cl)C3)nc1)C(F)(F)F. The summed E-state index contributed by atoms with van der Waals surface area (Å²) in [6.45, 7) is 4.16. The van der Waals surface area contributed by atoms with Gasteiger partial charge in [0.15, 0.2) is 5.60 Å². The lowest BCUT2D eigenvalue weighted by molar-refractivity contribution is -0.149. The zero-order valence-electron chi connectivity index (χ0n) is 21.0. The highest BCUT2D eigenvalue weighted by atomic mass is 35.5. The Balaban J connectivity index is 1.36. The predicted octanol–water partition coefficient (Wildman–Crippen LogP) is 4.94. The Hall–Kier alpha value is -2.79. The smallest absolute Gasteiger partial charge is 0.408 e. The maximum absolute atomic E-state index is 13.1. The van der Waals surface area contributed by atoms with E-state index in [0.29, 0.717) is 23.7 Å². The van der Waals surface area contributed by atoms with Crippen LogP contribution in [0, 0.1) is 0 Å². The number of amides is 2. The molecule has 4 heterocycles. The molecule has 4 atom stereocenters. The summed E-state index contributed by atoms with van der Waals surface area (Å²) in [6.07, 6.45) is 1.35. The second-order valence-corrected chi connectivity index (χ2v) is 11.0. The zero-order chi connectivity index (χ0) is 27.8. The molecule has 206 valence electrons. The van der Waals surface area contributed by atoms with E-state index in [1.54, 1.807) is 19.9 Å². The summed E-state index contributed by atoms with van der Waals surface area (Å²) in [5, 5.41) is 5.58. The second kappa shape index (κ2) is 10.8. The van der Waals surface area contributed by atoms with Crippen LogP contribution in [-0.2, 0) is 4.79 Å². The molecule has 2 amide bonds. The molecule has 1 unspecified atom stereocenters. The molecule has 0 saturated carbocycles. The van der Waals surface area contributed by atoms with Crippen molar-refractivity contribution in [2.24, 2.45) is 0 Å². The van der Waals surface area contributed by atoms with Crippen LogP contribution in [0.3, 0.4) is 0 Å². The number of aromatic nitrogens is 2. The van der Waals surface area contributed by atoms with Crippen LogP contribution in [-0.4, -0.2) is 57.7 Å². The van der Waals surface area contributed by atoms with Gasteiger partial charge in [0.25, 0.3) is 11.8 Å². The molecule has 2 fully saturated rings. The molecule has 4 rings (SSSR count). The van der Waals surface area contributed by atoms with Gasteiger partial charge >= 0.3 is 6.18 Å². The number of carbonyl (C=O) groups is 2. The zero-order valence-corrected chi connectivity index (χ0v) is 22.5. The van der Waals surface area contributed by atoms with Gasteiger partial charge in [0.2, 0.25) is 5.88 Å². The Morgan fingerprint density at radius 2 is 1.76 bits per heavy atom. The minimum absolute atomic E-state index is 0.0526. The molecular weight excluding hydrogens is 546 g/mol. The fraction of sp³-hybridized carbons (Fsp3) is 0.520. The first-order valence-corrected chi connectivity index (χ1v) is 12.9. The lowest BCUT2D eigenvalue weighted by atomic mass is 9.96. The Morgan fingerprint density at radius 1 is 1.11 bits per heavy atom. The maximum atomic E-state index is 13.1. The summed E-state index contributed by atoms with van der Waals surface area (Å²) in [4.78, 5) is 35.8. The third kappa shape index (κ3) is 6.26. The summed E-state index contributed by atoms with van der Waals surface area (Å²) in [5.41, 5.74) is -1.18. The maximum Gasteiger partial charge on any atom is 0.408 e. The topological polar surface area (TPSA) is 96.5 Å². The van der Waals surface area contributed by atoms with E-state index in [4.69, 9.17) is 27.9 Å². The van der Waals surface area contributed by atoms with E-state index in [1.807, 2.05) is 5.32 Å². The second-order valence-electron chi connectivity index (χ2n) is 10.1. The summed E-state index contributed by atoms with van der Waals surface area (Å²) < 4.78 is 44.0. The molecule has 8 nitrogen and oxygen atoms in total. The van der Waals surface area contributed by atoms with Gasteiger partial charge in [-0.25, -0.2) is 9.97 Å². The van der Waals surface area contributed by atoms with Crippen LogP contribution in [0.15, 0.2) is 30.6 Å². The first kappa shape index (κ1) is 28.2. The highest BCUT2D eigenvalue weighted by Crippen LogP contribution is 2.39. The van der Waals surface area contributed by atoms with E-state index < -0.39 is 23.7 Å². The number of hydrogen-bond acceptors (Lipinski definition) is 6. The number of pyridine rings is 2. The molecule has 38 heavy (non-hydrogen) atoms. The highest BCUT2D eigenvalue weighted by Gasteiger charge is 2.43. The van der Waals surface area contributed by atoms with E-state index in [9.17, 15) is 22.8 Å². The van der Waals surface area contributed by atoms with Crippen molar-refractivity contribution in [1.82, 2.24) is 20.6 Å². The average Bonchev–Trinajstić information content (AvgIpc) is 3.10. The van der Waals surface area contributed by atoms with Gasteiger partial charge in [-0.05, 0) is 64.7 Å². The largest absolute Gasteiger partial charge is 0.460 e. The number of hydrogen-bond donors (Lipinski definition) is 2. The van der Waals surface area contributed by atoms with Crippen LogP contribution in [0.4, 0.5) is 19.0 Å². The normalized spacial score (nSPS) is 22.1. The van der Waals surface area contributed by atoms with Crippen molar-refractivity contribution in [3.63, 3.8) is 0 Å². The van der Waals surface area contributed by atoms with Crippen molar-refractivity contribution in [3.05, 3.63) is 46.2 Å². The molecule has 13 heteroatoms. The number of nitrogens with one attached hydrogen (secondary N) is 2. The molecule has 2 N–H and O–H groups in total. The molecule has 0 aromatic carbocycles. The van der Waals surface area contributed by atoms with E-state index >= 15 is 0 Å². The predicted molar refractivity (Wildman–Crippen MR) is 137 cm³/mol. The lowest BCUT2D eigenvalue weighted by Gasteiger charge is -2.40. The molecule has 2 aliphatic heterocycles. The first-order chi connectivity index (χ1) is 17.7. The highest BCUT2D eigenvalue weighted by molar-refractivity contribution is 6.35. The van der Waals surface area contributed by atoms with Crippen LogP contribution < -0.4 is 20.3 Å². The number of anilines is 1. The molecular formula is C25H28Cl2F3N5O3. The number of nitrogens with zero attached hydrogens (tertiary/aromatic N) is 3. The van der Waals surface area contributed by atoms with Crippen LogP contribution in [0.5, 0.6) is 5.88 Å². The molecule has 2 saturated heterocycles. The Morgan fingerprint density at radius 3 is 2.32 bits per heavy atom. The molecule has 0 radical (unpaired) electrons. The number of carbonyl (C=O) groups excluding carboxylic acids is 2. The van der Waals surface area contributed by atoms with Gasteiger partial charge in [-0.3, -0.25) is 9.59 Å². The fourth-order valence-electron chi connectivity index (χ4n) is 4.83. The van der Waals surface area contributed by atoms with Gasteiger partial charge in [0, 0.05) is 30.5 Å². The third-order valence-corrected chi connectivity index (χ3v) is 7.33. The number of fused-ring (bicyclic) bond motifs is 2. The van der Waals surface area contributed by atoms with Crippen LogP contribution in [0.1, 0.15) is 56.8 Å². The quantitative estimate of drug-likeness (QED) is 0.487. The summed E-state index contributed by atoms with van der Waals surface area (Å²) >= 11 is 12.0. The number of piperidine rings is 1. The van der Waals surface area contributed by atoms with Crippen LogP contribution in [0.25, 0.3) is 0 Å². The van der Waals surface area contributed by atoms with E-state index in [-0.39, 0.29) is 40.5 Å². The Labute approximate surface area is 228 Å². The summed E-state index contributed by atoms with van der Waals surface area (Å²) in [5.74, 6) is -0.375. The first-order valence-electron chi connectivity index (χ1n) is 12.2. The fourth-order valence-corrected chi connectivity index (χ4v) is 5.25. The van der Waals surface area contributed by atoms with Gasteiger partial charge in [-0.2, -0.15) is 13.2 Å². The van der Waals surface area contributed by atoms with Crippen LogP contribution >= 0.6 is 23.2 Å². The minimum atomic E-state index is -4.52. The van der Waals surface area contributed by atoms with Crippen molar-refractivity contribution in [2.45, 2.75) is 82.4 Å². The Bertz CT molecular complexity index is 1180. The standard InChI is InChI=1S/C25H28Cl2F3N5O3/c1-13(25(28,29)30)33-21(36)14-4-7-20(31-11-14)35-17-5-6-18(35)10-16(9-17)34-23(37)24(2,3)38-22-19(27)8-15(26)12-32-22/h4,7-8,11-13,16-18H,5-6,9-10H2,1-3H3,(H,33,36)(H,34,37)/t13-,16?,17-,18+/m0/s1. The van der Waals surface area contributed by atoms with E-state index in [1.165, 1.54) is 24.5 Å². The number of alkyl halides is 3. The monoisotopic (exact) mass is 573 g/mol. The average molecular weight is 574 g/mol. The number of ether oxygens (including phenoxy) is 1. The molecule has 2 aliphatic rings. The van der Waals surface area contributed by atoms with E-state index in [0.717, 1.165) is 19.8 Å². The molecule has 2 aromatic heterocycles. The summed E-state index contributed by atoms with van der Waals surface area (Å²) in [7, 11) is 0. The van der Waals surface area contributed by atoms with Crippen molar-refractivity contribution >= 4 is 40.8 Å². The molecule has 0 aliphatic carbocycles. The van der Waals surface area contributed by atoms with Crippen molar-refractivity contribution < 1.29 is 27.5 Å². The van der Waals surface area contributed by atoms with Gasteiger partial charge in [0.05, 0.1) is 10.6 Å². The van der Waals surface area contributed by atoms with E-state index in [2.05, 4.69) is 20.2 Å². The van der Waals surface area contributed by atoms with Gasteiger partial charge in [-0.15, -0.1) is 0 Å². The summed E-state index contributed by atoms with van der Waals surface area (Å²) in [6, 6.07) is 2.81. The minimum Gasteiger partial charge on any atom is -0.460 e. The van der Waals surface area contributed by atoms with Gasteiger partial charge < -0.3 is 20.3 Å². The third-order valence-electron chi connectivity index (χ3n) is 6.85. The van der Waals surface area contributed by atoms with Crippen molar-refractivity contribution in [2.75, 3.05) is 4.90 Å². The molecule has 2 aromatic rings. The Kier molecular flexibility index (Phi) is 7.99.